The third kappa shape index (κ3) is 2.70. The minimum absolute atomic E-state index is 0.289. The standard InChI is InChI=1S/C12H15NO2S/c1-15-12(14)9-2-4-10(5-3-9)13-11-6-7-16-8-11/h2-5,11,13H,6-8H2,1H3. The van der Waals surface area contributed by atoms with Gasteiger partial charge in [0, 0.05) is 17.5 Å². The van der Waals surface area contributed by atoms with Crippen molar-refractivity contribution in [2.45, 2.75) is 12.5 Å². The van der Waals surface area contributed by atoms with E-state index in [4.69, 9.17) is 0 Å². The summed E-state index contributed by atoms with van der Waals surface area (Å²) in [4.78, 5) is 11.2. The van der Waals surface area contributed by atoms with Crippen LogP contribution in [-0.2, 0) is 4.74 Å². The summed E-state index contributed by atoms with van der Waals surface area (Å²) in [6, 6.07) is 7.99. The van der Waals surface area contributed by atoms with E-state index in [1.165, 1.54) is 25.0 Å². The molecule has 2 rings (SSSR count). The van der Waals surface area contributed by atoms with Gasteiger partial charge in [0.2, 0.25) is 0 Å². The number of carbonyl (C=O) groups is 1. The van der Waals surface area contributed by atoms with E-state index >= 15 is 0 Å². The number of rotatable bonds is 3. The van der Waals surface area contributed by atoms with E-state index in [-0.39, 0.29) is 5.97 Å². The molecular weight excluding hydrogens is 222 g/mol. The number of hydrogen-bond acceptors (Lipinski definition) is 4. The van der Waals surface area contributed by atoms with Crippen molar-refractivity contribution in [2.24, 2.45) is 0 Å². The molecule has 86 valence electrons. The number of methoxy groups -OCH3 is 1. The highest BCUT2D eigenvalue weighted by Crippen LogP contribution is 2.21. The summed E-state index contributed by atoms with van der Waals surface area (Å²) in [5, 5.41) is 3.45. The molecule has 1 fully saturated rings. The average Bonchev–Trinajstić information content (AvgIpc) is 2.82. The normalized spacial score (nSPS) is 19.4. The van der Waals surface area contributed by atoms with Gasteiger partial charge in [-0.1, -0.05) is 0 Å². The number of hydrogen-bond donors (Lipinski definition) is 1. The summed E-state index contributed by atoms with van der Waals surface area (Å²) >= 11 is 1.98. The van der Waals surface area contributed by atoms with E-state index in [1.807, 2.05) is 23.9 Å². The lowest BCUT2D eigenvalue weighted by Gasteiger charge is -2.12. The topological polar surface area (TPSA) is 38.3 Å². The number of thioether (sulfide) groups is 1. The highest BCUT2D eigenvalue weighted by atomic mass is 32.2. The summed E-state index contributed by atoms with van der Waals surface area (Å²) in [6.45, 7) is 0. The number of anilines is 1. The number of nitrogens with one attached hydrogen (secondary N) is 1. The predicted octanol–water partition coefficient (Wildman–Crippen LogP) is 2.39. The van der Waals surface area contributed by atoms with Crippen molar-refractivity contribution in [1.82, 2.24) is 0 Å². The molecule has 0 aromatic heterocycles. The number of carbonyl (C=O) groups excluding carboxylic acids is 1. The maximum absolute atomic E-state index is 11.2. The Bertz CT molecular complexity index is 358. The summed E-state index contributed by atoms with van der Waals surface area (Å²) in [5.41, 5.74) is 1.66. The van der Waals surface area contributed by atoms with Gasteiger partial charge in [-0.25, -0.2) is 4.79 Å². The Labute approximate surface area is 99.6 Å². The maximum atomic E-state index is 11.2. The van der Waals surface area contributed by atoms with E-state index in [0.29, 0.717) is 11.6 Å². The van der Waals surface area contributed by atoms with Crippen LogP contribution in [0, 0.1) is 0 Å². The molecule has 1 unspecified atom stereocenters. The van der Waals surface area contributed by atoms with Gasteiger partial charge in [-0.15, -0.1) is 0 Å². The fraction of sp³-hybridized carbons (Fsp3) is 0.417. The Hall–Kier alpha value is -1.16. The van der Waals surface area contributed by atoms with Crippen LogP contribution < -0.4 is 5.32 Å². The molecule has 0 bridgehead atoms. The molecular formula is C12H15NO2S. The van der Waals surface area contributed by atoms with Crippen LogP contribution >= 0.6 is 11.8 Å². The second-order valence-corrected chi connectivity index (χ2v) is 4.92. The molecule has 1 saturated heterocycles. The molecule has 16 heavy (non-hydrogen) atoms. The maximum Gasteiger partial charge on any atom is 0.337 e. The highest BCUT2D eigenvalue weighted by molar-refractivity contribution is 7.99. The molecule has 1 aromatic rings. The van der Waals surface area contributed by atoms with Gasteiger partial charge in [0.25, 0.3) is 0 Å². The first-order valence-electron chi connectivity index (χ1n) is 5.32. The summed E-state index contributed by atoms with van der Waals surface area (Å²) < 4.78 is 4.65. The van der Waals surface area contributed by atoms with Crippen molar-refractivity contribution < 1.29 is 9.53 Å². The summed E-state index contributed by atoms with van der Waals surface area (Å²) in [6.07, 6.45) is 1.21. The van der Waals surface area contributed by atoms with Crippen LogP contribution in [0.3, 0.4) is 0 Å². The molecule has 1 aromatic carbocycles. The quantitative estimate of drug-likeness (QED) is 0.819. The number of benzene rings is 1. The minimum atomic E-state index is -0.289. The second kappa shape index (κ2) is 5.25. The van der Waals surface area contributed by atoms with Crippen LogP contribution in [0.15, 0.2) is 24.3 Å². The first kappa shape index (κ1) is 11.3. The van der Waals surface area contributed by atoms with Crippen LogP contribution in [0.4, 0.5) is 5.69 Å². The van der Waals surface area contributed by atoms with Gasteiger partial charge in [0.15, 0.2) is 0 Å². The number of esters is 1. The highest BCUT2D eigenvalue weighted by Gasteiger charge is 2.14. The van der Waals surface area contributed by atoms with Crippen LogP contribution in [0.5, 0.6) is 0 Å². The zero-order valence-electron chi connectivity index (χ0n) is 9.23. The van der Waals surface area contributed by atoms with Crippen molar-refractivity contribution in [1.29, 1.82) is 0 Å². The Morgan fingerprint density at radius 1 is 1.44 bits per heavy atom. The van der Waals surface area contributed by atoms with E-state index in [2.05, 4.69) is 10.1 Å². The predicted molar refractivity (Wildman–Crippen MR) is 67.1 cm³/mol. The molecule has 1 aliphatic rings. The van der Waals surface area contributed by atoms with Gasteiger partial charge >= 0.3 is 5.97 Å². The molecule has 1 atom stereocenters. The molecule has 0 radical (unpaired) electrons. The van der Waals surface area contributed by atoms with Gasteiger partial charge in [-0.05, 0) is 36.4 Å². The van der Waals surface area contributed by atoms with Gasteiger partial charge in [0.1, 0.15) is 0 Å². The second-order valence-electron chi connectivity index (χ2n) is 3.77. The smallest absolute Gasteiger partial charge is 0.337 e. The lowest BCUT2D eigenvalue weighted by atomic mass is 10.2. The van der Waals surface area contributed by atoms with Crippen molar-refractivity contribution in [2.75, 3.05) is 23.9 Å². The summed E-state index contributed by atoms with van der Waals surface area (Å²) in [7, 11) is 1.39. The van der Waals surface area contributed by atoms with Crippen molar-refractivity contribution >= 4 is 23.4 Å². The third-order valence-electron chi connectivity index (χ3n) is 2.61. The molecule has 1 aliphatic heterocycles. The monoisotopic (exact) mass is 237 g/mol. The molecule has 0 amide bonds. The molecule has 0 saturated carbocycles. The Morgan fingerprint density at radius 3 is 2.75 bits per heavy atom. The van der Waals surface area contributed by atoms with Gasteiger partial charge < -0.3 is 10.1 Å². The van der Waals surface area contributed by atoms with Crippen LogP contribution in [0.1, 0.15) is 16.8 Å². The van der Waals surface area contributed by atoms with Crippen LogP contribution in [-0.4, -0.2) is 30.6 Å². The molecule has 1 heterocycles. The van der Waals surface area contributed by atoms with E-state index in [0.717, 1.165) is 5.69 Å². The molecule has 4 heteroatoms. The van der Waals surface area contributed by atoms with Gasteiger partial charge in [0.05, 0.1) is 12.7 Å². The van der Waals surface area contributed by atoms with Crippen molar-refractivity contribution in [3.05, 3.63) is 29.8 Å². The third-order valence-corrected chi connectivity index (χ3v) is 3.77. The fourth-order valence-corrected chi connectivity index (χ4v) is 2.86. The zero-order valence-corrected chi connectivity index (χ0v) is 10.0. The largest absolute Gasteiger partial charge is 0.465 e. The fourth-order valence-electron chi connectivity index (χ4n) is 1.70. The molecule has 3 nitrogen and oxygen atoms in total. The SMILES string of the molecule is COC(=O)c1ccc(NC2CCSC2)cc1. The van der Waals surface area contributed by atoms with E-state index < -0.39 is 0 Å². The first-order chi connectivity index (χ1) is 7.79. The summed E-state index contributed by atoms with van der Waals surface area (Å²) in [5.74, 6) is 2.11. The van der Waals surface area contributed by atoms with Crippen molar-refractivity contribution in [3.8, 4) is 0 Å². The first-order valence-corrected chi connectivity index (χ1v) is 6.48. The zero-order chi connectivity index (χ0) is 11.4. The van der Waals surface area contributed by atoms with Crippen molar-refractivity contribution in [3.63, 3.8) is 0 Å². The van der Waals surface area contributed by atoms with E-state index in [1.54, 1.807) is 12.1 Å². The lowest BCUT2D eigenvalue weighted by Crippen LogP contribution is -2.17. The Balaban J connectivity index is 1.98. The van der Waals surface area contributed by atoms with Gasteiger partial charge in [-0.2, -0.15) is 11.8 Å². The van der Waals surface area contributed by atoms with Gasteiger partial charge in [-0.3, -0.25) is 0 Å². The Morgan fingerprint density at radius 2 is 2.19 bits per heavy atom. The molecule has 0 spiro atoms. The molecule has 1 N–H and O–H groups in total. The van der Waals surface area contributed by atoms with Crippen LogP contribution in [0.2, 0.25) is 0 Å². The van der Waals surface area contributed by atoms with Crippen LogP contribution in [0.25, 0.3) is 0 Å². The lowest BCUT2D eigenvalue weighted by molar-refractivity contribution is 0.0601. The van der Waals surface area contributed by atoms with E-state index in [9.17, 15) is 4.79 Å². The average molecular weight is 237 g/mol. The number of ether oxygens (including phenoxy) is 1. The minimum Gasteiger partial charge on any atom is -0.465 e. The molecule has 0 aliphatic carbocycles. The Kier molecular flexibility index (Phi) is 3.72.